The van der Waals surface area contributed by atoms with Crippen molar-refractivity contribution in [2.45, 2.75) is 12.8 Å². The van der Waals surface area contributed by atoms with Gasteiger partial charge in [-0.3, -0.25) is 4.79 Å². The Bertz CT molecular complexity index is 715. The molecule has 4 nitrogen and oxygen atoms in total. The van der Waals surface area contributed by atoms with Crippen LogP contribution in [0.2, 0.25) is 0 Å². The van der Waals surface area contributed by atoms with Crippen LogP contribution in [0.3, 0.4) is 0 Å². The summed E-state index contributed by atoms with van der Waals surface area (Å²) >= 11 is 2.13. The number of aryl methyl sites for hydroxylation is 1. The van der Waals surface area contributed by atoms with Crippen LogP contribution in [0.5, 0.6) is 5.75 Å². The van der Waals surface area contributed by atoms with Crippen LogP contribution in [0.25, 0.3) is 0 Å². The van der Waals surface area contributed by atoms with Gasteiger partial charge in [0.15, 0.2) is 0 Å². The third kappa shape index (κ3) is 2.70. The summed E-state index contributed by atoms with van der Waals surface area (Å²) in [6, 6.07) is 10.7. The Hall–Kier alpha value is -1.76. The van der Waals surface area contributed by atoms with Crippen molar-refractivity contribution in [1.82, 2.24) is 0 Å². The van der Waals surface area contributed by atoms with E-state index in [1.807, 2.05) is 12.1 Å². The Morgan fingerprint density at radius 3 is 2.86 bits per heavy atom. The number of anilines is 2. The normalized spacial score (nSPS) is 13.9. The van der Waals surface area contributed by atoms with Crippen molar-refractivity contribution < 1.29 is 9.90 Å². The molecule has 3 rings (SSSR count). The number of hydrogen-bond donors (Lipinski definition) is 2. The minimum atomic E-state index is -0.170. The first-order valence-corrected chi connectivity index (χ1v) is 7.83. The van der Waals surface area contributed by atoms with E-state index in [0.717, 1.165) is 27.7 Å². The van der Waals surface area contributed by atoms with Gasteiger partial charge in [0.25, 0.3) is 5.91 Å². The number of benzene rings is 2. The van der Waals surface area contributed by atoms with Gasteiger partial charge in [0.2, 0.25) is 0 Å². The summed E-state index contributed by atoms with van der Waals surface area (Å²) in [7, 11) is 0. The minimum Gasteiger partial charge on any atom is -0.507 e. The van der Waals surface area contributed by atoms with Crippen LogP contribution in [0.1, 0.15) is 22.3 Å². The summed E-state index contributed by atoms with van der Waals surface area (Å²) in [6.07, 6.45) is 1.81. The van der Waals surface area contributed by atoms with Crippen LogP contribution in [-0.2, 0) is 6.42 Å². The molecule has 2 aromatic rings. The van der Waals surface area contributed by atoms with Gasteiger partial charge in [-0.15, -0.1) is 0 Å². The summed E-state index contributed by atoms with van der Waals surface area (Å²) in [4.78, 5) is 14.5. The molecule has 1 aliphatic rings. The fourth-order valence-corrected chi connectivity index (χ4v) is 3.14. The molecule has 1 heterocycles. The van der Waals surface area contributed by atoms with Gasteiger partial charge in [-0.05, 0) is 77.4 Å². The van der Waals surface area contributed by atoms with Crippen molar-refractivity contribution in [3.8, 4) is 5.75 Å². The Labute approximate surface area is 136 Å². The lowest BCUT2D eigenvalue weighted by Gasteiger charge is -2.30. The number of carbonyl (C=O) groups is 1. The molecule has 0 saturated carbocycles. The lowest BCUT2D eigenvalue weighted by molar-refractivity contribution is 0.0982. The largest absolute Gasteiger partial charge is 0.507 e. The van der Waals surface area contributed by atoms with Gasteiger partial charge in [-0.1, -0.05) is 0 Å². The van der Waals surface area contributed by atoms with Gasteiger partial charge >= 0.3 is 0 Å². The lowest BCUT2D eigenvalue weighted by Crippen LogP contribution is -2.35. The summed E-state index contributed by atoms with van der Waals surface area (Å²) < 4.78 is 0.920. The highest BCUT2D eigenvalue weighted by molar-refractivity contribution is 14.1. The Kier molecular flexibility index (Phi) is 3.75. The van der Waals surface area contributed by atoms with Crippen molar-refractivity contribution in [2.24, 2.45) is 0 Å². The standard InChI is InChI=1S/C16H15IN2O2/c17-11-3-6-15(20)13(9-11)16(21)19-7-1-2-10-8-12(18)4-5-14(10)19/h3-6,8-9,20H,1-2,7,18H2. The molecule has 0 radical (unpaired) electrons. The minimum absolute atomic E-state index is 0.0167. The quantitative estimate of drug-likeness (QED) is 0.577. The zero-order valence-electron chi connectivity index (χ0n) is 11.3. The molecule has 1 aliphatic heterocycles. The number of carbonyl (C=O) groups excluding carboxylic acids is 1. The van der Waals surface area contributed by atoms with E-state index in [1.54, 1.807) is 29.2 Å². The SMILES string of the molecule is Nc1ccc2c(c1)CCCN2C(=O)c1cc(I)ccc1O. The van der Waals surface area contributed by atoms with Crippen LogP contribution in [0, 0.1) is 3.57 Å². The molecule has 0 unspecified atom stereocenters. The molecular formula is C16H15IN2O2. The summed E-state index contributed by atoms with van der Waals surface area (Å²) in [5.41, 5.74) is 8.83. The molecule has 21 heavy (non-hydrogen) atoms. The van der Waals surface area contributed by atoms with Crippen LogP contribution in [-0.4, -0.2) is 17.6 Å². The first-order valence-electron chi connectivity index (χ1n) is 6.75. The van der Waals surface area contributed by atoms with Gasteiger partial charge in [0.1, 0.15) is 5.75 Å². The second-order valence-electron chi connectivity index (χ2n) is 5.11. The summed E-state index contributed by atoms with van der Waals surface area (Å²) in [5, 5.41) is 9.96. The second kappa shape index (κ2) is 5.55. The van der Waals surface area contributed by atoms with Crippen LogP contribution in [0.15, 0.2) is 36.4 Å². The van der Waals surface area contributed by atoms with Crippen molar-refractivity contribution >= 4 is 39.9 Å². The van der Waals surface area contributed by atoms with Gasteiger partial charge in [-0.2, -0.15) is 0 Å². The molecule has 0 atom stereocenters. The highest BCUT2D eigenvalue weighted by Gasteiger charge is 2.25. The third-order valence-electron chi connectivity index (χ3n) is 3.66. The maximum Gasteiger partial charge on any atom is 0.262 e. The first-order chi connectivity index (χ1) is 10.1. The van der Waals surface area contributed by atoms with Gasteiger partial charge in [-0.25, -0.2) is 0 Å². The van der Waals surface area contributed by atoms with E-state index < -0.39 is 0 Å². The number of fused-ring (bicyclic) bond motifs is 1. The molecule has 108 valence electrons. The molecule has 0 fully saturated rings. The summed E-state index contributed by atoms with van der Waals surface area (Å²) in [5.74, 6) is -0.153. The first kappa shape index (κ1) is 14.2. The van der Waals surface area contributed by atoms with Crippen molar-refractivity contribution in [3.05, 3.63) is 51.1 Å². The Balaban J connectivity index is 2.02. The Morgan fingerprint density at radius 2 is 2.05 bits per heavy atom. The number of amides is 1. The monoisotopic (exact) mass is 394 g/mol. The maximum absolute atomic E-state index is 12.8. The Morgan fingerprint density at radius 1 is 1.24 bits per heavy atom. The van der Waals surface area contributed by atoms with Crippen LogP contribution >= 0.6 is 22.6 Å². The average molecular weight is 394 g/mol. The number of nitrogen functional groups attached to an aromatic ring is 1. The van der Waals surface area contributed by atoms with E-state index in [9.17, 15) is 9.90 Å². The smallest absolute Gasteiger partial charge is 0.262 e. The highest BCUT2D eigenvalue weighted by atomic mass is 127. The van der Waals surface area contributed by atoms with Crippen LogP contribution < -0.4 is 10.6 Å². The molecule has 5 heteroatoms. The number of nitrogens with zero attached hydrogens (tertiary/aromatic N) is 1. The molecule has 0 aliphatic carbocycles. The molecular weight excluding hydrogens is 379 g/mol. The van der Waals surface area contributed by atoms with E-state index in [-0.39, 0.29) is 11.7 Å². The number of hydrogen-bond acceptors (Lipinski definition) is 3. The fraction of sp³-hybridized carbons (Fsp3) is 0.188. The zero-order chi connectivity index (χ0) is 15.0. The van der Waals surface area contributed by atoms with Crippen molar-refractivity contribution in [1.29, 1.82) is 0 Å². The number of aromatic hydroxyl groups is 1. The molecule has 1 amide bonds. The third-order valence-corrected chi connectivity index (χ3v) is 4.33. The molecule has 2 aromatic carbocycles. The number of halogens is 1. The molecule has 3 N–H and O–H groups in total. The lowest BCUT2D eigenvalue weighted by atomic mass is 10.00. The van der Waals surface area contributed by atoms with E-state index in [2.05, 4.69) is 22.6 Å². The second-order valence-corrected chi connectivity index (χ2v) is 6.36. The van der Waals surface area contributed by atoms with E-state index >= 15 is 0 Å². The number of nitrogens with two attached hydrogens (primary N) is 1. The van der Waals surface area contributed by atoms with E-state index in [1.165, 1.54) is 0 Å². The molecule has 0 saturated heterocycles. The fourth-order valence-electron chi connectivity index (χ4n) is 2.65. The summed E-state index contributed by atoms with van der Waals surface area (Å²) in [6.45, 7) is 0.653. The molecule has 0 bridgehead atoms. The maximum atomic E-state index is 12.8. The van der Waals surface area contributed by atoms with Crippen LogP contribution in [0.4, 0.5) is 11.4 Å². The number of phenols is 1. The van der Waals surface area contributed by atoms with Gasteiger partial charge in [0.05, 0.1) is 5.56 Å². The van der Waals surface area contributed by atoms with E-state index in [0.29, 0.717) is 17.8 Å². The average Bonchev–Trinajstić information content (AvgIpc) is 2.48. The number of phenolic OH excluding ortho intramolecular Hbond substituents is 1. The predicted octanol–water partition coefficient (Wildman–Crippen LogP) is 3.17. The van der Waals surface area contributed by atoms with Gasteiger partial charge in [0, 0.05) is 21.5 Å². The van der Waals surface area contributed by atoms with Gasteiger partial charge < -0.3 is 15.7 Å². The molecule has 0 aromatic heterocycles. The topological polar surface area (TPSA) is 66.6 Å². The number of rotatable bonds is 1. The molecule has 0 spiro atoms. The van der Waals surface area contributed by atoms with Crippen molar-refractivity contribution in [3.63, 3.8) is 0 Å². The zero-order valence-corrected chi connectivity index (χ0v) is 13.5. The van der Waals surface area contributed by atoms with E-state index in [4.69, 9.17) is 5.73 Å². The van der Waals surface area contributed by atoms with Crippen molar-refractivity contribution in [2.75, 3.05) is 17.2 Å². The highest BCUT2D eigenvalue weighted by Crippen LogP contribution is 2.31. The predicted molar refractivity (Wildman–Crippen MR) is 91.7 cm³/mol.